The van der Waals surface area contributed by atoms with Gasteiger partial charge in [0.2, 0.25) is 15.9 Å². The number of nitrogens with zero attached hydrogens (tertiary/aromatic N) is 2. The molecule has 1 amide bonds. The highest BCUT2D eigenvalue weighted by atomic mass is 35.5. The number of halogens is 1. The van der Waals surface area contributed by atoms with Gasteiger partial charge in [-0.25, -0.2) is 8.42 Å². The van der Waals surface area contributed by atoms with E-state index < -0.39 is 10.0 Å². The zero-order valence-corrected chi connectivity index (χ0v) is 16.0. The Morgan fingerprint density at radius 2 is 1.56 bits per heavy atom. The van der Waals surface area contributed by atoms with E-state index in [4.69, 9.17) is 11.6 Å². The van der Waals surface area contributed by atoms with Gasteiger partial charge in [-0.15, -0.1) is 0 Å². The summed E-state index contributed by atoms with van der Waals surface area (Å²) in [7, 11) is -0.646. The van der Waals surface area contributed by atoms with Gasteiger partial charge in [0.1, 0.15) is 0 Å². The van der Waals surface area contributed by atoms with Crippen LogP contribution in [0.3, 0.4) is 0 Å². The quantitative estimate of drug-likeness (QED) is 0.774. The van der Waals surface area contributed by atoms with E-state index in [-0.39, 0.29) is 17.3 Å². The fraction of sp³-hybridized carbons (Fsp3) is 0.278. The minimum absolute atomic E-state index is 0.175. The molecule has 0 saturated heterocycles. The highest BCUT2D eigenvalue weighted by molar-refractivity contribution is 7.89. The van der Waals surface area contributed by atoms with Crippen molar-refractivity contribution in [2.75, 3.05) is 20.6 Å². The van der Waals surface area contributed by atoms with Gasteiger partial charge in [0.05, 0.1) is 11.4 Å². The lowest BCUT2D eigenvalue weighted by Crippen LogP contribution is -2.39. The number of rotatable bonds is 6. The van der Waals surface area contributed by atoms with Crippen molar-refractivity contribution in [2.24, 2.45) is 0 Å². The van der Waals surface area contributed by atoms with E-state index >= 15 is 0 Å². The number of sulfonamides is 1. The molecule has 0 saturated carbocycles. The van der Waals surface area contributed by atoms with Crippen LogP contribution in [0.25, 0.3) is 0 Å². The Kier molecular flexibility index (Phi) is 6.21. The summed E-state index contributed by atoms with van der Waals surface area (Å²) < 4.78 is 26.1. The number of aryl methyl sites for hydroxylation is 1. The van der Waals surface area contributed by atoms with Gasteiger partial charge >= 0.3 is 0 Å². The summed E-state index contributed by atoms with van der Waals surface area (Å²) in [6.07, 6.45) is 0. The molecule has 0 N–H and O–H groups in total. The molecule has 0 atom stereocenters. The molecule has 2 aromatic rings. The summed E-state index contributed by atoms with van der Waals surface area (Å²) in [5, 5.41) is 0.627. The lowest BCUT2D eigenvalue weighted by Gasteiger charge is -2.22. The van der Waals surface area contributed by atoms with E-state index in [2.05, 4.69) is 0 Å². The zero-order chi connectivity index (χ0) is 18.6. The first kappa shape index (κ1) is 19.4. The van der Waals surface area contributed by atoms with Gasteiger partial charge < -0.3 is 4.90 Å². The molecule has 5 nitrogen and oxygen atoms in total. The summed E-state index contributed by atoms with van der Waals surface area (Å²) in [6, 6.07) is 13.7. The molecule has 134 valence electrons. The molecule has 25 heavy (non-hydrogen) atoms. The molecule has 0 fully saturated rings. The second kappa shape index (κ2) is 7.99. The molecule has 7 heteroatoms. The maximum atomic E-state index is 12.5. The highest BCUT2D eigenvalue weighted by Gasteiger charge is 2.24. The number of carbonyl (C=O) groups is 1. The van der Waals surface area contributed by atoms with Crippen molar-refractivity contribution in [3.63, 3.8) is 0 Å². The van der Waals surface area contributed by atoms with Gasteiger partial charge in [-0.1, -0.05) is 41.4 Å². The fourth-order valence-electron chi connectivity index (χ4n) is 2.24. The van der Waals surface area contributed by atoms with Crippen LogP contribution in [0.5, 0.6) is 0 Å². The molecular formula is C18H21ClN2O3S. The Balaban J connectivity index is 2.03. The van der Waals surface area contributed by atoms with Crippen molar-refractivity contribution < 1.29 is 13.2 Å². The predicted molar refractivity (Wildman–Crippen MR) is 98.9 cm³/mol. The van der Waals surface area contributed by atoms with Gasteiger partial charge in [0.25, 0.3) is 0 Å². The molecule has 0 aromatic heterocycles. The van der Waals surface area contributed by atoms with E-state index in [9.17, 15) is 13.2 Å². The predicted octanol–water partition coefficient (Wildman–Crippen LogP) is 2.93. The van der Waals surface area contributed by atoms with Crippen molar-refractivity contribution in [1.29, 1.82) is 0 Å². The van der Waals surface area contributed by atoms with E-state index in [0.717, 1.165) is 15.4 Å². The standard InChI is InChI=1S/C18H21ClN2O3S/c1-14-4-10-17(11-5-14)25(23,24)21(3)13-18(22)20(2)12-15-6-8-16(19)9-7-15/h4-11H,12-13H2,1-3H3. The van der Waals surface area contributed by atoms with Gasteiger partial charge in [0.15, 0.2) is 0 Å². The molecule has 0 aliphatic carbocycles. The van der Waals surface area contributed by atoms with Gasteiger partial charge in [-0.3, -0.25) is 4.79 Å². The topological polar surface area (TPSA) is 57.7 Å². The summed E-state index contributed by atoms with van der Waals surface area (Å²) in [5.74, 6) is -0.284. The maximum absolute atomic E-state index is 12.5. The zero-order valence-electron chi connectivity index (χ0n) is 14.4. The first-order valence-corrected chi connectivity index (χ1v) is 9.53. The van der Waals surface area contributed by atoms with Crippen molar-refractivity contribution in [1.82, 2.24) is 9.21 Å². The lowest BCUT2D eigenvalue weighted by molar-refractivity contribution is -0.130. The summed E-state index contributed by atoms with van der Waals surface area (Å²) in [5.41, 5.74) is 1.89. The Labute approximate surface area is 153 Å². The molecule has 0 heterocycles. The lowest BCUT2D eigenvalue weighted by atomic mass is 10.2. The Hall–Kier alpha value is -1.89. The molecule has 2 rings (SSSR count). The Morgan fingerprint density at radius 1 is 1.00 bits per heavy atom. The van der Waals surface area contributed by atoms with Gasteiger partial charge in [0, 0.05) is 25.7 Å². The van der Waals surface area contributed by atoms with E-state index in [0.29, 0.717) is 11.6 Å². The van der Waals surface area contributed by atoms with Crippen LogP contribution in [0.15, 0.2) is 53.4 Å². The third-order valence-electron chi connectivity index (χ3n) is 3.85. The first-order chi connectivity index (χ1) is 11.7. The van der Waals surface area contributed by atoms with Crippen molar-refractivity contribution in [3.8, 4) is 0 Å². The second-order valence-corrected chi connectivity index (χ2v) is 8.43. The van der Waals surface area contributed by atoms with Crippen molar-refractivity contribution in [2.45, 2.75) is 18.4 Å². The molecule has 0 radical (unpaired) electrons. The van der Waals surface area contributed by atoms with Crippen molar-refractivity contribution in [3.05, 3.63) is 64.7 Å². The van der Waals surface area contributed by atoms with E-state index in [1.165, 1.54) is 11.9 Å². The molecule has 0 spiro atoms. The first-order valence-electron chi connectivity index (χ1n) is 7.71. The smallest absolute Gasteiger partial charge is 0.243 e. The molecule has 2 aromatic carbocycles. The monoisotopic (exact) mass is 380 g/mol. The van der Waals surface area contributed by atoms with Crippen LogP contribution in [0.2, 0.25) is 5.02 Å². The summed E-state index contributed by atoms with van der Waals surface area (Å²) in [6.45, 7) is 2.05. The van der Waals surface area contributed by atoms with Crippen LogP contribution in [0, 0.1) is 6.92 Å². The third-order valence-corrected chi connectivity index (χ3v) is 5.92. The Morgan fingerprint density at radius 3 is 2.12 bits per heavy atom. The summed E-state index contributed by atoms with van der Waals surface area (Å²) >= 11 is 5.84. The molecule has 0 aliphatic rings. The average molecular weight is 381 g/mol. The van der Waals surface area contributed by atoms with Crippen LogP contribution in [0.1, 0.15) is 11.1 Å². The molecule has 0 unspecified atom stereocenters. The minimum Gasteiger partial charge on any atom is -0.340 e. The molecular weight excluding hydrogens is 360 g/mol. The van der Waals surface area contributed by atoms with Crippen LogP contribution in [-0.2, 0) is 21.4 Å². The van der Waals surface area contributed by atoms with Crippen molar-refractivity contribution >= 4 is 27.5 Å². The second-order valence-electron chi connectivity index (χ2n) is 5.95. The minimum atomic E-state index is -3.69. The van der Waals surface area contributed by atoms with Crippen LogP contribution in [0.4, 0.5) is 0 Å². The highest BCUT2D eigenvalue weighted by Crippen LogP contribution is 2.15. The van der Waals surface area contributed by atoms with Gasteiger partial charge in [-0.2, -0.15) is 4.31 Å². The number of likely N-dealkylation sites (N-methyl/N-ethyl adjacent to an activating group) is 2. The third kappa shape index (κ3) is 5.04. The summed E-state index contributed by atoms with van der Waals surface area (Å²) in [4.78, 5) is 14.0. The van der Waals surface area contributed by atoms with Crippen LogP contribution in [-0.4, -0.2) is 44.2 Å². The fourth-order valence-corrected chi connectivity index (χ4v) is 3.48. The van der Waals surface area contributed by atoms with E-state index in [1.807, 2.05) is 19.1 Å². The number of hydrogen-bond donors (Lipinski definition) is 0. The van der Waals surface area contributed by atoms with Gasteiger partial charge in [-0.05, 0) is 36.8 Å². The SMILES string of the molecule is Cc1ccc(S(=O)(=O)N(C)CC(=O)N(C)Cc2ccc(Cl)cc2)cc1. The number of benzene rings is 2. The van der Waals surface area contributed by atoms with E-state index in [1.54, 1.807) is 43.4 Å². The Bertz CT molecular complexity index is 834. The molecule has 0 aliphatic heterocycles. The molecule has 0 bridgehead atoms. The average Bonchev–Trinajstić information content (AvgIpc) is 2.57. The number of amides is 1. The number of carbonyl (C=O) groups excluding carboxylic acids is 1. The largest absolute Gasteiger partial charge is 0.340 e. The normalized spacial score (nSPS) is 11.6. The van der Waals surface area contributed by atoms with Crippen LogP contribution >= 0.6 is 11.6 Å². The van der Waals surface area contributed by atoms with Crippen LogP contribution < -0.4 is 0 Å². The maximum Gasteiger partial charge on any atom is 0.243 e. The number of hydrogen-bond acceptors (Lipinski definition) is 3.